The lowest BCUT2D eigenvalue weighted by molar-refractivity contribution is 0.211. The van der Waals surface area contributed by atoms with Gasteiger partial charge in [0.1, 0.15) is 0 Å². The van der Waals surface area contributed by atoms with Gasteiger partial charge in [0.15, 0.2) is 0 Å². The van der Waals surface area contributed by atoms with E-state index in [1.54, 1.807) is 5.57 Å². The standard InChI is InChI=1S/C27H44.C2H6/c1-7-8-11-23(18-20(2)3)16-17-25-14-9-12-24-13-10-15-26(27(24)25)19-22(6)21(4)5;1-2/h9,12-13,21,23,25-27H,2,6-8,10-11,14-19H2,1,3-5H3;1-2H3. The lowest BCUT2D eigenvalue weighted by Crippen LogP contribution is -2.30. The number of hydrogen-bond donors (Lipinski definition) is 0. The molecule has 0 radical (unpaired) electrons. The average Bonchev–Trinajstić information content (AvgIpc) is 2.71. The van der Waals surface area contributed by atoms with E-state index in [1.165, 1.54) is 75.4 Å². The van der Waals surface area contributed by atoms with Gasteiger partial charge in [0.25, 0.3) is 0 Å². The Hall–Kier alpha value is -1.04. The highest BCUT2D eigenvalue weighted by Crippen LogP contribution is 2.46. The maximum atomic E-state index is 4.40. The topological polar surface area (TPSA) is 0 Å². The van der Waals surface area contributed by atoms with Gasteiger partial charge in [0, 0.05) is 0 Å². The zero-order chi connectivity index (χ0) is 21.8. The summed E-state index contributed by atoms with van der Waals surface area (Å²) < 4.78 is 0. The molecule has 166 valence electrons. The number of unbranched alkanes of at least 4 members (excludes halogenated alkanes) is 1. The van der Waals surface area contributed by atoms with Crippen molar-refractivity contribution < 1.29 is 0 Å². The fraction of sp³-hybridized carbons (Fsp3) is 0.724. The van der Waals surface area contributed by atoms with Gasteiger partial charge in [-0.05, 0) is 87.0 Å². The van der Waals surface area contributed by atoms with E-state index in [9.17, 15) is 0 Å². The quantitative estimate of drug-likeness (QED) is 0.304. The van der Waals surface area contributed by atoms with Crippen molar-refractivity contribution in [3.8, 4) is 0 Å². The van der Waals surface area contributed by atoms with Gasteiger partial charge in [-0.15, -0.1) is 6.58 Å². The van der Waals surface area contributed by atoms with E-state index in [-0.39, 0.29) is 0 Å². The second-order valence-corrected chi connectivity index (χ2v) is 9.73. The number of rotatable bonds is 11. The summed E-state index contributed by atoms with van der Waals surface area (Å²) >= 11 is 0. The van der Waals surface area contributed by atoms with E-state index >= 15 is 0 Å². The summed E-state index contributed by atoms with van der Waals surface area (Å²) in [7, 11) is 0. The van der Waals surface area contributed by atoms with Crippen LogP contribution in [0.3, 0.4) is 0 Å². The first kappa shape index (κ1) is 26.0. The van der Waals surface area contributed by atoms with Crippen molar-refractivity contribution in [2.75, 3.05) is 0 Å². The number of allylic oxidation sites excluding steroid dienone is 6. The van der Waals surface area contributed by atoms with Gasteiger partial charge >= 0.3 is 0 Å². The molecule has 0 aliphatic heterocycles. The third-order valence-corrected chi connectivity index (χ3v) is 6.96. The summed E-state index contributed by atoms with van der Waals surface area (Å²) in [6.07, 6.45) is 20.6. The van der Waals surface area contributed by atoms with Crippen LogP contribution in [0, 0.1) is 29.6 Å². The highest BCUT2D eigenvalue weighted by atomic mass is 14.4. The minimum absolute atomic E-state index is 0.617. The Kier molecular flexibility index (Phi) is 12.6. The van der Waals surface area contributed by atoms with Crippen molar-refractivity contribution in [1.29, 1.82) is 0 Å². The lowest BCUT2D eigenvalue weighted by atomic mass is 9.64. The molecule has 0 spiro atoms. The van der Waals surface area contributed by atoms with Gasteiger partial charge < -0.3 is 0 Å². The maximum Gasteiger partial charge on any atom is -0.0102 e. The van der Waals surface area contributed by atoms with Crippen LogP contribution in [-0.4, -0.2) is 0 Å². The van der Waals surface area contributed by atoms with E-state index in [2.05, 4.69) is 59.1 Å². The van der Waals surface area contributed by atoms with Crippen LogP contribution in [0.1, 0.15) is 106 Å². The minimum Gasteiger partial charge on any atom is -0.100 e. The van der Waals surface area contributed by atoms with Crippen LogP contribution < -0.4 is 0 Å². The average molecular weight is 399 g/mol. The van der Waals surface area contributed by atoms with E-state index in [0.29, 0.717) is 5.92 Å². The summed E-state index contributed by atoms with van der Waals surface area (Å²) in [5.74, 6) is 3.88. The second kappa shape index (κ2) is 14.1. The Morgan fingerprint density at radius 1 is 1.14 bits per heavy atom. The van der Waals surface area contributed by atoms with Gasteiger partial charge in [-0.2, -0.15) is 0 Å². The van der Waals surface area contributed by atoms with Crippen LogP contribution >= 0.6 is 0 Å². The molecule has 0 aromatic carbocycles. The summed E-state index contributed by atoms with van der Waals surface area (Å²) in [5.41, 5.74) is 4.46. The molecule has 4 unspecified atom stereocenters. The molecule has 0 fully saturated rings. The number of hydrogen-bond acceptors (Lipinski definition) is 0. The van der Waals surface area contributed by atoms with Crippen LogP contribution in [-0.2, 0) is 0 Å². The van der Waals surface area contributed by atoms with Crippen molar-refractivity contribution in [2.24, 2.45) is 29.6 Å². The van der Waals surface area contributed by atoms with Crippen LogP contribution in [0.5, 0.6) is 0 Å². The molecule has 0 aromatic heterocycles. The maximum absolute atomic E-state index is 4.40. The minimum atomic E-state index is 0.617. The van der Waals surface area contributed by atoms with Gasteiger partial charge in [-0.3, -0.25) is 0 Å². The largest absolute Gasteiger partial charge is 0.100 e. The van der Waals surface area contributed by atoms with Crippen LogP contribution in [0.15, 0.2) is 48.1 Å². The molecule has 0 saturated carbocycles. The molecule has 0 heterocycles. The molecular weight excluding hydrogens is 348 g/mol. The van der Waals surface area contributed by atoms with Gasteiger partial charge in [-0.25, -0.2) is 0 Å². The molecule has 0 N–H and O–H groups in total. The normalized spacial score (nSPS) is 24.2. The van der Waals surface area contributed by atoms with Crippen LogP contribution in [0.2, 0.25) is 0 Å². The Labute approximate surface area is 183 Å². The third-order valence-electron chi connectivity index (χ3n) is 6.96. The molecule has 0 nitrogen and oxygen atoms in total. The molecular formula is C29H50. The van der Waals surface area contributed by atoms with Crippen molar-refractivity contribution in [3.05, 3.63) is 48.1 Å². The number of fused-ring (bicyclic) bond motifs is 1. The fourth-order valence-electron chi connectivity index (χ4n) is 5.30. The molecule has 2 aliphatic carbocycles. The van der Waals surface area contributed by atoms with Crippen molar-refractivity contribution >= 4 is 0 Å². The molecule has 0 aromatic rings. The molecule has 0 amide bonds. The Morgan fingerprint density at radius 2 is 1.86 bits per heavy atom. The van der Waals surface area contributed by atoms with Crippen molar-refractivity contribution in [1.82, 2.24) is 0 Å². The van der Waals surface area contributed by atoms with Gasteiger partial charge in [0.2, 0.25) is 0 Å². The van der Waals surface area contributed by atoms with E-state index in [0.717, 1.165) is 23.7 Å². The Balaban J connectivity index is 0.00000204. The first-order valence-corrected chi connectivity index (χ1v) is 12.6. The zero-order valence-electron chi connectivity index (χ0n) is 20.6. The zero-order valence-corrected chi connectivity index (χ0v) is 20.6. The lowest BCUT2D eigenvalue weighted by Gasteiger charge is -2.40. The van der Waals surface area contributed by atoms with E-state index in [1.807, 2.05) is 13.8 Å². The van der Waals surface area contributed by atoms with Crippen LogP contribution in [0.25, 0.3) is 0 Å². The predicted molar refractivity (Wildman–Crippen MR) is 133 cm³/mol. The molecule has 29 heavy (non-hydrogen) atoms. The molecule has 2 aliphatic rings. The van der Waals surface area contributed by atoms with Crippen LogP contribution in [0.4, 0.5) is 0 Å². The first-order valence-electron chi connectivity index (χ1n) is 12.6. The SMILES string of the molecule is C=C(C)CC(CCCC)CCC1CC=CC2=CCCC(CC(=C)C(C)C)C21.CC. The molecule has 2 rings (SSSR count). The van der Waals surface area contributed by atoms with E-state index in [4.69, 9.17) is 0 Å². The molecule has 0 saturated heterocycles. The first-order chi connectivity index (χ1) is 13.9. The predicted octanol–water partition coefficient (Wildman–Crippen LogP) is 9.70. The van der Waals surface area contributed by atoms with Gasteiger partial charge in [0.05, 0.1) is 0 Å². The summed E-state index contributed by atoms with van der Waals surface area (Å²) in [6, 6.07) is 0. The highest BCUT2D eigenvalue weighted by Gasteiger charge is 2.35. The smallest absolute Gasteiger partial charge is 0.0102 e. The highest BCUT2D eigenvalue weighted by molar-refractivity contribution is 5.29. The fourth-order valence-corrected chi connectivity index (χ4v) is 5.30. The Morgan fingerprint density at radius 3 is 2.48 bits per heavy atom. The molecule has 0 bridgehead atoms. The summed E-state index contributed by atoms with van der Waals surface area (Å²) in [4.78, 5) is 0. The monoisotopic (exact) mass is 398 g/mol. The van der Waals surface area contributed by atoms with E-state index < -0.39 is 0 Å². The Bertz CT molecular complexity index is 544. The summed E-state index contributed by atoms with van der Waals surface area (Å²) in [6.45, 7) is 21.7. The molecule has 4 atom stereocenters. The van der Waals surface area contributed by atoms with Crippen molar-refractivity contribution in [2.45, 2.75) is 106 Å². The second-order valence-electron chi connectivity index (χ2n) is 9.73. The van der Waals surface area contributed by atoms with Crippen molar-refractivity contribution in [3.63, 3.8) is 0 Å². The summed E-state index contributed by atoms with van der Waals surface area (Å²) in [5, 5.41) is 0. The third kappa shape index (κ3) is 8.69. The van der Waals surface area contributed by atoms with Gasteiger partial charge in [-0.1, -0.05) is 89.8 Å². The molecule has 0 heteroatoms.